The zero-order valence-corrected chi connectivity index (χ0v) is 15.3. The molecule has 0 bridgehead atoms. The molecule has 1 aliphatic rings. The monoisotopic (exact) mass is 392 g/mol. The van der Waals surface area contributed by atoms with Gasteiger partial charge < -0.3 is 9.09 Å². The molecule has 1 saturated heterocycles. The average molecular weight is 392 g/mol. The Morgan fingerprint density at radius 2 is 1.93 bits per heavy atom. The van der Waals surface area contributed by atoms with Crippen LogP contribution in [0.4, 0.5) is 4.39 Å². The predicted octanol–water partition coefficient (Wildman–Crippen LogP) is 1.51. The van der Waals surface area contributed by atoms with Crippen LogP contribution in [0.1, 0.15) is 18.7 Å². The number of aryl methyl sites for hydroxylation is 1. The molecule has 0 radical (unpaired) electrons. The summed E-state index contributed by atoms with van der Waals surface area (Å²) < 4.78 is 48.5. The van der Waals surface area contributed by atoms with Crippen molar-refractivity contribution in [3.8, 4) is 11.4 Å². The third-order valence-electron chi connectivity index (χ3n) is 4.55. The molecular weight excluding hydrogens is 375 g/mol. The summed E-state index contributed by atoms with van der Waals surface area (Å²) in [4.78, 5) is 12.0. The second kappa shape index (κ2) is 6.50. The van der Waals surface area contributed by atoms with Crippen molar-refractivity contribution in [3.05, 3.63) is 42.9 Å². The lowest BCUT2D eigenvalue weighted by Gasteiger charge is -2.32. The number of halogens is 1. The number of sulfonamides is 1. The van der Waals surface area contributed by atoms with Crippen molar-refractivity contribution in [2.24, 2.45) is 7.05 Å². The molecular formula is C16H17FN6O3S. The maximum absolute atomic E-state index is 15.4. The minimum absolute atomic E-state index is 0.00236. The zero-order chi connectivity index (χ0) is 19.1. The van der Waals surface area contributed by atoms with Gasteiger partial charge >= 0.3 is 0 Å². The Hall–Kier alpha value is -2.66. The smallest absolute Gasteiger partial charge is 0.264 e. The van der Waals surface area contributed by atoms with Crippen LogP contribution in [0.3, 0.4) is 0 Å². The van der Waals surface area contributed by atoms with Gasteiger partial charge in [0, 0.05) is 57.1 Å². The number of hydrogen-bond acceptors (Lipinski definition) is 7. The number of alkyl halides is 1. The highest BCUT2D eigenvalue weighted by Gasteiger charge is 2.44. The van der Waals surface area contributed by atoms with Crippen LogP contribution in [-0.4, -0.2) is 50.5 Å². The van der Waals surface area contributed by atoms with Gasteiger partial charge in [0.25, 0.3) is 15.9 Å². The van der Waals surface area contributed by atoms with Crippen LogP contribution in [0.5, 0.6) is 0 Å². The number of pyridine rings is 1. The molecule has 0 aliphatic carbocycles. The number of aromatic nitrogens is 5. The van der Waals surface area contributed by atoms with E-state index in [2.05, 4.69) is 20.1 Å². The number of nitrogens with zero attached hydrogens (tertiary/aromatic N) is 6. The van der Waals surface area contributed by atoms with Gasteiger partial charge in [0.1, 0.15) is 0 Å². The summed E-state index contributed by atoms with van der Waals surface area (Å²) in [6.07, 6.45) is 5.85. The van der Waals surface area contributed by atoms with Crippen LogP contribution in [0.2, 0.25) is 0 Å². The Morgan fingerprint density at radius 3 is 2.56 bits per heavy atom. The molecule has 4 heterocycles. The summed E-state index contributed by atoms with van der Waals surface area (Å²) in [7, 11) is -2.06. The van der Waals surface area contributed by atoms with Crippen molar-refractivity contribution in [1.29, 1.82) is 0 Å². The van der Waals surface area contributed by atoms with Crippen molar-refractivity contribution in [2.45, 2.75) is 23.5 Å². The second-order valence-electron chi connectivity index (χ2n) is 6.41. The molecule has 0 atom stereocenters. The third-order valence-corrected chi connectivity index (χ3v) is 6.33. The van der Waals surface area contributed by atoms with E-state index >= 15 is 4.39 Å². The first-order chi connectivity index (χ1) is 12.9. The normalized spacial score (nSPS) is 17.9. The van der Waals surface area contributed by atoms with Crippen molar-refractivity contribution in [2.75, 3.05) is 13.1 Å². The molecule has 0 N–H and O–H groups in total. The Balaban J connectivity index is 1.51. The molecule has 27 heavy (non-hydrogen) atoms. The Labute approximate surface area is 154 Å². The fourth-order valence-corrected chi connectivity index (χ4v) is 4.38. The molecule has 0 spiro atoms. The summed E-state index contributed by atoms with van der Waals surface area (Å²) in [6, 6.07) is 3.39. The van der Waals surface area contributed by atoms with Gasteiger partial charge in [-0.15, -0.1) is 0 Å². The van der Waals surface area contributed by atoms with Gasteiger partial charge in [-0.1, -0.05) is 5.16 Å². The van der Waals surface area contributed by atoms with Gasteiger partial charge in [-0.2, -0.15) is 9.29 Å². The molecule has 0 aromatic carbocycles. The zero-order valence-electron chi connectivity index (χ0n) is 14.5. The van der Waals surface area contributed by atoms with Crippen molar-refractivity contribution in [1.82, 2.24) is 29.0 Å². The molecule has 9 nitrogen and oxygen atoms in total. The van der Waals surface area contributed by atoms with Crippen molar-refractivity contribution in [3.63, 3.8) is 0 Å². The molecule has 11 heteroatoms. The molecule has 0 unspecified atom stereocenters. The molecule has 142 valence electrons. The summed E-state index contributed by atoms with van der Waals surface area (Å²) in [6.45, 7) is 0.00472. The van der Waals surface area contributed by atoms with E-state index in [0.29, 0.717) is 5.56 Å². The van der Waals surface area contributed by atoms with E-state index in [0.717, 1.165) is 0 Å². The van der Waals surface area contributed by atoms with Gasteiger partial charge in [-0.3, -0.25) is 4.98 Å². The quantitative estimate of drug-likeness (QED) is 0.662. The minimum atomic E-state index is -3.75. The van der Waals surface area contributed by atoms with Gasteiger partial charge in [0.2, 0.25) is 5.82 Å². The average Bonchev–Trinajstić information content (AvgIpc) is 3.33. The van der Waals surface area contributed by atoms with Crippen LogP contribution in [0.15, 0.2) is 46.6 Å². The highest BCUT2D eigenvalue weighted by atomic mass is 32.2. The van der Waals surface area contributed by atoms with E-state index < -0.39 is 15.7 Å². The lowest BCUT2D eigenvalue weighted by atomic mass is 9.94. The van der Waals surface area contributed by atoms with Crippen LogP contribution >= 0.6 is 0 Å². The van der Waals surface area contributed by atoms with Gasteiger partial charge in [0.05, 0.1) is 6.33 Å². The van der Waals surface area contributed by atoms with Crippen LogP contribution in [0, 0.1) is 0 Å². The Kier molecular flexibility index (Phi) is 4.27. The Morgan fingerprint density at radius 1 is 1.22 bits per heavy atom. The molecule has 0 saturated carbocycles. The molecule has 3 aromatic rings. The van der Waals surface area contributed by atoms with Gasteiger partial charge in [-0.25, -0.2) is 17.8 Å². The predicted molar refractivity (Wildman–Crippen MR) is 91.5 cm³/mol. The maximum Gasteiger partial charge on any atom is 0.264 e. The van der Waals surface area contributed by atoms with Crippen molar-refractivity contribution < 1.29 is 17.3 Å². The fraction of sp³-hybridized carbons (Fsp3) is 0.375. The van der Waals surface area contributed by atoms with E-state index in [1.807, 2.05) is 0 Å². The molecule has 1 aliphatic heterocycles. The van der Waals surface area contributed by atoms with E-state index in [4.69, 9.17) is 4.52 Å². The van der Waals surface area contributed by atoms with Crippen molar-refractivity contribution >= 4 is 10.0 Å². The number of hydrogen-bond donors (Lipinski definition) is 0. The molecule has 3 aromatic heterocycles. The standard InChI is InChI=1S/C16H17FN6O3S/c1-22-10-13(19-11-22)27(24,25)23-8-4-16(17,5-9-23)15-20-14(21-26-15)12-2-6-18-7-3-12/h2-3,6-7,10-11H,4-5,8-9H2,1H3. The second-order valence-corrected chi connectivity index (χ2v) is 8.29. The number of rotatable bonds is 4. The lowest BCUT2D eigenvalue weighted by Crippen LogP contribution is -2.43. The first kappa shape index (κ1) is 17.7. The fourth-order valence-electron chi connectivity index (χ4n) is 2.97. The van der Waals surface area contributed by atoms with E-state index in [1.54, 1.807) is 36.1 Å². The first-order valence-corrected chi connectivity index (χ1v) is 9.74. The van der Waals surface area contributed by atoms with Crippen LogP contribution in [-0.2, 0) is 22.7 Å². The van der Waals surface area contributed by atoms with Crippen LogP contribution in [0.25, 0.3) is 11.4 Å². The summed E-state index contributed by atoms with van der Waals surface area (Å²) in [5.41, 5.74) is -1.20. The number of imidazole rings is 1. The number of piperidine rings is 1. The third kappa shape index (κ3) is 3.23. The maximum atomic E-state index is 15.4. The summed E-state index contributed by atoms with van der Waals surface area (Å²) >= 11 is 0. The summed E-state index contributed by atoms with van der Waals surface area (Å²) in [5, 5.41) is 3.78. The largest absolute Gasteiger partial charge is 0.339 e. The van der Waals surface area contributed by atoms with E-state index in [-0.39, 0.29) is 42.7 Å². The van der Waals surface area contributed by atoms with E-state index in [1.165, 1.54) is 16.8 Å². The first-order valence-electron chi connectivity index (χ1n) is 8.30. The molecule has 1 fully saturated rings. The van der Waals surface area contributed by atoms with Crippen LogP contribution < -0.4 is 0 Å². The van der Waals surface area contributed by atoms with E-state index in [9.17, 15) is 8.42 Å². The topological polar surface area (TPSA) is 107 Å². The highest BCUT2D eigenvalue weighted by Crippen LogP contribution is 2.38. The Bertz CT molecular complexity index is 1040. The highest BCUT2D eigenvalue weighted by molar-refractivity contribution is 7.89. The lowest BCUT2D eigenvalue weighted by molar-refractivity contribution is 0.0510. The van der Waals surface area contributed by atoms with Gasteiger partial charge in [0.15, 0.2) is 10.7 Å². The molecule has 0 amide bonds. The van der Waals surface area contributed by atoms with Gasteiger partial charge in [-0.05, 0) is 12.1 Å². The molecule has 4 rings (SSSR count). The SMILES string of the molecule is Cn1cnc(S(=O)(=O)N2CCC(F)(c3nc(-c4ccncc4)no3)CC2)c1. The summed E-state index contributed by atoms with van der Waals surface area (Å²) in [5.74, 6) is 0.136. The minimum Gasteiger partial charge on any atom is -0.339 e.